The van der Waals surface area contributed by atoms with Crippen molar-refractivity contribution in [2.45, 2.75) is 15.6 Å². The van der Waals surface area contributed by atoms with Crippen LogP contribution in [0.1, 0.15) is 0 Å². The third kappa shape index (κ3) is 4.00. The van der Waals surface area contributed by atoms with Crippen molar-refractivity contribution in [3.8, 4) is 0 Å². The molecule has 9 heavy (non-hydrogen) atoms. The fourth-order valence-electron chi connectivity index (χ4n) is 0.243. The lowest BCUT2D eigenvalue weighted by atomic mass is 10.3. The first-order valence-corrected chi connectivity index (χ1v) is 4.50. The van der Waals surface area contributed by atoms with Gasteiger partial charge in [-0.2, -0.15) is 0 Å². The third-order valence-electron chi connectivity index (χ3n) is 0.734. The van der Waals surface area contributed by atoms with Crippen LogP contribution in [0.3, 0.4) is 0 Å². The van der Waals surface area contributed by atoms with Crippen molar-refractivity contribution in [2.75, 3.05) is 5.88 Å². The molecule has 0 saturated carbocycles. The van der Waals surface area contributed by atoms with E-state index in [1.807, 2.05) is 0 Å². The summed E-state index contributed by atoms with van der Waals surface area (Å²) in [5.41, 5.74) is 0. The number of halogens is 5. The largest absolute Gasteiger partial charge is 0.125 e. The van der Waals surface area contributed by atoms with E-state index in [1.54, 1.807) is 0 Å². The minimum Gasteiger partial charge on any atom is -0.125 e. The van der Waals surface area contributed by atoms with Crippen molar-refractivity contribution in [1.82, 2.24) is 0 Å². The van der Waals surface area contributed by atoms with E-state index in [9.17, 15) is 0 Å². The van der Waals surface area contributed by atoms with Crippen LogP contribution in [0.25, 0.3) is 0 Å². The van der Waals surface area contributed by atoms with Crippen LogP contribution in [0.5, 0.6) is 0 Å². The van der Waals surface area contributed by atoms with Crippen molar-refractivity contribution in [3.63, 3.8) is 0 Å². The zero-order valence-corrected chi connectivity index (χ0v) is 8.11. The molecule has 0 bridgehead atoms. The van der Waals surface area contributed by atoms with Gasteiger partial charge in [0.05, 0.1) is 10.8 Å². The Balaban J connectivity index is 3.58. The summed E-state index contributed by atoms with van der Waals surface area (Å²) >= 11 is 27.3. The van der Waals surface area contributed by atoms with E-state index in [1.165, 1.54) is 0 Å². The zero-order valence-electron chi connectivity index (χ0n) is 4.33. The van der Waals surface area contributed by atoms with Crippen LogP contribution >= 0.6 is 58.0 Å². The van der Waals surface area contributed by atoms with Gasteiger partial charge in [-0.15, -0.1) is 58.0 Å². The normalized spacial score (nSPS) is 18.0. The maximum absolute atomic E-state index is 5.59. The minimum atomic E-state index is -0.659. The van der Waals surface area contributed by atoms with Crippen LogP contribution < -0.4 is 0 Å². The van der Waals surface area contributed by atoms with E-state index >= 15 is 0 Å². The Kier molecular flexibility index (Phi) is 5.98. The molecule has 0 aliphatic carbocycles. The average molecular weight is 230 g/mol. The molecule has 0 fully saturated rings. The molecule has 5 heteroatoms. The highest BCUT2D eigenvalue weighted by Gasteiger charge is 2.21. The Morgan fingerprint density at radius 3 is 1.56 bits per heavy atom. The summed E-state index contributed by atoms with van der Waals surface area (Å²) in [6.07, 6.45) is 0. The highest BCUT2D eigenvalue weighted by atomic mass is 35.5. The standard InChI is InChI=1S/C4H5Cl5/c5-1-2(6)3(7)4(8)9/h2-4H,1H2/t2-,3+/m0/s1. The van der Waals surface area contributed by atoms with Gasteiger partial charge in [0.15, 0.2) is 0 Å². The molecule has 0 saturated heterocycles. The molecule has 0 aliphatic heterocycles. The molecule has 0 radical (unpaired) electrons. The van der Waals surface area contributed by atoms with E-state index in [2.05, 4.69) is 0 Å². The van der Waals surface area contributed by atoms with E-state index < -0.39 is 10.2 Å². The summed E-state index contributed by atoms with van der Waals surface area (Å²) in [5, 5.41) is -0.846. The van der Waals surface area contributed by atoms with Gasteiger partial charge in [-0.05, 0) is 0 Å². The summed E-state index contributed by atoms with van der Waals surface area (Å²) in [5.74, 6) is 0.256. The van der Waals surface area contributed by atoms with E-state index in [0.29, 0.717) is 0 Å². The van der Waals surface area contributed by atoms with Crippen LogP contribution in [-0.2, 0) is 0 Å². The van der Waals surface area contributed by atoms with Gasteiger partial charge < -0.3 is 0 Å². The summed E-state index contributed by atoms with van der Waals surface area (Å²) in [6.45, 7) is 0. The lowest BCUT2D eigenvalue weighted by molar-refractivity contribution is 0.884. The quantitative estimate of drug-likeness (QED) is 0.653. The summed E-state index contributed by atoms with van der Waals surface area (Å²) in [7, 11) is 0. The Hall–Kier alpha value is 1.45. The lowest BCUT2D eigenvalue weighted by Gasteiger charge is -2.12. The molecule has 0 unspecified atom stereocenters. The molecule has 0 aliphatic rings. The molecule has 0 heterocycles. The van der Waals surface area contributed by atoms with Crippen molar-refractivity contribution in [3.05, 3.63) is 0 Å². The summed E-state index contributed by atoms with van der Waals surface area (Å²) < 4.78 is 0. The molecule has 0 aromatic carbocycles. The second kappa shape index (κ2) is 5.15. The number of hydrogen-bond donors (Lipinski definition) is 0. The zero-order chi connectivity index (χ0) is 7.44. The monoisotopic (exact) mass is 228 g/mol. The van der Waals surface area contributed by atoms with Crippen LogP contribution in [0, 0.1) is 0 Å². The predicted octanol–water partition coefficient (Wildman–Crippen LogP) is 3.24. The second-order valence-electron chi connectivity index (χ2n) is 1.45. The van der Waals surface area contributed by atoms with Crippen LogP contribution in [0.4, 0.5) is 0 Å². The van der Waals surface area contributed by atoms with Gasteiger partial charge >= 0.3 is 0 Å². The lowest BCUT2D eigenvalue weighted by Crippen LogP contribution is -2.22. The van der Waals surface area contributed by atoms with Crippen LogP contribution in [0.2, 0.25) is 0 Å². The molecule has 0 aromatic heterocycles. The molecule has 0 aromatic rings. The maximum atomic E-state index is 5.59. The van der Waals surface area contributed by atoms with Crippen LogP contribution in [-0.4, -0.2) is 21.5 Å². The fraction of sp³-hybridized carbons (Fsp3) is 1.00. The highest BCUT2D eigenvalue weighted by molar-refractivity contribution is 6.49. The Bertz CT molecular complexity index is 73.4. The van der Waals surface area contributed by atoms with Crippen molar-refractivity contribution >= 4 is 58.0 Å². The van der Waals surface area contributed by atoms with Gasteiger partial charge in [0.2, 0.25) is 0 Å². The molecule has 0 amide bonds. The van der Waals surface area contributed by atoms with E-state index in [4.69, 9.17) is 58.0 Å². The van der Waals surface area contributed by atoms with Crippen molar-refractivity contribution in [1.29, 1.82) is 0 Å². The second-order valence-corrected chi connectivity index (χ2v) is 3.99. The number of alkyl halides is 5. The molecule has 56 valence electrons. The van der Waals surface area contributed by atoms with Crippen molar-refractivity contribution < 1.29 is 0 Å². The molecule has 0 rings (SSSR count). The maximum Gasteiger partial charge on any atom is 0.125 e. The Morgan fingerprint density at radius 2 is 1.44 bits per heavy atom. The number of hydrogen-bond acceptors (Lipinski definition) is 0. The Labute approximate surface area is 79.4 Å². The summed E-state index contributed by atoms with van der Waals surface area (Å²) in [6, 6.07) is 0. The van der Waals surface area contributed by atoms with Gasteiger partial charge in [-0.3, -0.25) is 0 Å². The van der Waals surface area contributed by atoms with Gasteiger partial charge in [0, 0.05) is 5.88 Å². The first-order chi connectivity index (χ1) is 4.09. The molecular formula is C4H5Cl5. The molecule has 0 N–H and O–H groups in total. The number of rotatable bonds is 3. The molecule has 0 spiro atoms. The molecule has 0 nitrogen and oxygen atoms in total. The van der Waals surface area contributed by atoms with Gasteiger partial charge in [0.1, 0.15) is 4.84 Å². The minimum absolute atomic E-state index is 0.256. The fourth-order valence-corrected chi connectivity index (χ4v) is 1.26. The first-order valence-electron chi connectivity index (χ1n) is 2.22. The van der Waals surface area contributed by atoms with E-state index in [0.717, 1.165) is 0 Å². The molecule has 2 atom stereocenters. The summed E-state index contributed by atoms with van der Waals surface area (Å²) in [4.78, 5) is -0.659. The SMILES string of the molecule is ClC[C@H](Cl)[C@@H](Cl)C(Cl)Cl. The highest BCUT2D eigenvalue weighted by Crippen LogP contribution is 2.21. The van der Waals surface area contributed by atoms with E-state index in [-0.39, 0.29) is 11.3 Å². The Morgan fingerprint density at radius 1 is 1.00 bits per heavy atom. The van der Waals surface area contributed by atoms with Gasteiger partial charge in [0.25, 0.3) is 0 Å². The molecular weight excluding hydrogens is 225 g/mol. The smallest absolute Gasteiger partial charge is 0.125 e. The first kappa shape index (κ1) is 10.4. The van der Waals surface area contributed by atoms with Crippen LogP contribution in [0.15, 0.2) is 0 Å². The van der Waals surface area contributed by atoms with Gasteiger partial charge in [-0.1, -0.05) is 0 Å². The third-order valence-corrected chi connectivity index (χ3v) is 3.14. The predicted molar refractivity (Wildman–Crippen MR) is 45.5 cm³/mol. The van der Waals surface area contributed by atoms with Gasteiger partial charge in [-0.25, -0.2) is 0 Å². The average Bonchev–Trinajstić information content (AvgIpc) is 1.84. The van der Waals surface area contributed by atoms with Crippen molar-refractivity contribution in [2.24, 2.45) is 0 Å². The topological polar surface area (TPSA) is 0 Å².